The van der Waals surface area contributed by atoms with Crippen LogP contribution < -0.4 is 4.74 Å². The van der Waals surface area contributed by atoms with E-state index in [2.05, 4.69) is 31.3 Å². The summed E-state index contributed by atoms with van der Waals surface area (Å²) in [4.78, 5) is 7.49. The summed E-state index contributed by atoms with van der Waals surface area (Å²) in [6.45, 7) is 2.67. The van der Waals surface area contributed by atoms with Crippen LogP contribution in [0.25, 0.3) is 0 Å². The maximum atomic E-state index is 5.66. The van der Waals surface area contributed by atoms with Gasteiger partial charge in [-0.1, -0.05) is 0 Å². The summed E-state index contributed by atoms with van der Waals surface area (Å²) in [5.74, 6) is 2.26. The number of rotatable bonds is 1. The lowest BCUT2D eigenvalue weighted by atomic mass is 10.0. The molecule has 0 radical (unpaired) electrons. The monoisotopic (exact) mass is 284 g/mol. The van der Waals surface area contributed by atoms with Gasteiger partial charge >= 0.3 is 0 Å². The molecule has 1 N–H and O–H groups in total. The van der Waals surface area contributed by atoms with Crippen LogP contribution in [0.5, 0.6) is 5.75 Å². The minimum atomic E-state index is 0.309. The van der Waals surface area contributed by atoms with Crippen molar-refractivity contribution in [2.75, 3.05) is 6.61 Å². The SMILES string of the molecule is Cc1ncc(C2COc3c2csc3Br)[nH]1. The summed E-state index contributed by atoms with van der Waals surface area (Å²) in [7, 11) is 0. The summed E-state index contributed by atoms with van der Waals surface area (Å²) in [6, 6.07) is 0. The van der Waals surface area contributed by atoms with E-state index in [1.165, 1.54) is 5.56 Å². The van der Waals surface area contributed by atoms with Gasteiger partial charge in [0, 0.05) is 17.5 Å². The number of aryl methyl sites for hydroxylation is 1. The molecular weight excluding hydrogens is 276 g/mol. The number of ether oxygens (including phenoxy) is 1. The van der Waals surface area contributed by atoms with Gasteiger partial charge in [-0.2, -0.15) is 0 Å². The molecule has 1 unspecified atom stereocenters. The summed E-state index contributed by atoms with van der Waals surface area (Å²) < 4.78 is 6.74. The van der Waals surface area contributed by atoms with Gasteiger partial charge in [-0.3, -0.25) is 0 Å². The maximum Gasteiger partial charge on any atom is 0.148 e. The zero-order valence-electron chi connectivity index (χ0n) is 8.08. The molecule has 1 aliphatic rings. The normalized spacial score (nSPS) is 18.9. The van der Waals surface area contributed by atoms with Crippen molar-refractivity contribution in [2.24, 2.45) is 0 Å². The Labute approximate surface area is 99.6 Å². The van der Waals surface area contributed by atoms with Crippen molar-refractivity contribution in [3.63, 3.8) is 0 Å². The summed E-state index contributed by atoms with van der Waals surface area (Å²) >= 11 is 5.16. The topological polar surface area (TPSA) is 37.9 Å². The Morgan fingerprint density at radius 1 is 1.67 bits per heavy atom. The van der Waals surface area contributed by atoms with Crippen LogP contribution in [0.15, 0.2) is 15.4 Å². The lowest BCUT2D eigenvalue weighted by Crippen LogP contribution is -2.02. The van der Waals surface area contributed by atoms with Crippen LogP contribution >= 0.6 is 27.3 Å². The lowest BCUT2D eigenvalue weighted by molar-refractivity contribution is 0.341. The number of halogens is 1. The van der Waals surface area contributed by atoms with Crippen molar-refractivity contribution < 1.29 is 4.74 Å². The first-order valence-electron chi connectivity index (χ1n) is 4.67. The van der Waals surface area contributed by atoms with E-state index in [9.17, 15) is 0 Å². The molecule has 0 saturated carbocycles. The number of hydrogen-bond donors (Lipinski definition) is 1. The van der Waals surface area contributed by atoms with Crippen LogP contribution in [-0.4, -0.2) is 16.6 Å². The van der Waals surface area contributed by atoms with Crippen molar-refractivity contribution in [3.05, 3.63) is 32.4 Å². The van der Waals surface area contributed by atoms with Crippen LogP contribution in [-0.2, 0) is 0 Å². The standard InChI is InChI=1S/C10H9BrN2OS/c1-5-12-2-8(13-5)6-3-14-9-7(6)4-15-10(9)11/h2,4,6H,3H2,1H3,(H,12,13). The van der Waals surface area contributed by atoms with Crippen LogP contribution in [0.2, 0.25) is 0 Å². The molecule has 1 atom stereocenters. The second-order valence-corrected chi connectivity index (χ2v) is 5.78. The minimum absolute atomic E-state index is 0.309. The highest BCUT2D eigenvalue weighted by molar-refractivity contribution is 9.11. The van der Waals surface area contributed by atoms with Crippen molar-refractivity contribution in [3.8, 4) is 5.75 Å². The zero-order chi connectivity index (χ0) is 10.4. The molecule has 0 amide bonds. The highest BCUT2D eigenvalue weighted by Crippen LogP contribution is 2.45. The zero-order valence-corrected chi connectivity index (χ0v) is 10.5. The van der Waals surface area contributed by atoms with Crippen LogP contribution in [0.3, 0.4) is 0 Å². The Kier molecular flexibility index (Phi) is 2.10. The molecule has 0 bridgehead atoms. The fourth-order valence-corrected chi connectivity index (χ4v) is 3.26. The predicted octanol–water partition coefficient (Wildman–Crippen LogP) is 3.07. The Balaban J connectivity index is 2.03. The number of thiophene rings is 1. The van der Waals surface area contributed by atoms with E-state index in [1.54, 1.807) is 11.3 Å². The third kappa shape index (κ3) is 1.41. The van der Waals surface area contributed by atoms with Crippen LogP contribution in [0.1, 0.15) is 23.0 Å². The van der Waals surface area contributed by atoms with Crippen molar-refractivity contribution in [1.29, 1.82) is 0 Å². The third-order valence-electron chi connectivity index (χ3n) is 2.60. The molecule has 0 aliphatic carbocycles. The molecule has 0 fully saturated rings. The first-order chi connectivity index (χ1) is 7.25. The third-order valence-corrected chi connectivity index (χ3v) is 4.28. The number of aromatic nitrogens is 2. The van der Waals surface area contributed by atoms with Gasteiger partial charge in [-0.25, -0.2) is 4.98 Å². The molecule has 0 aromatic carbocycles. The predicted molar refractivity (Wildman–Crippen MR) is 62.7 cm³/mol. The number of hydrogen-bond acceptors (Lipinski definition) is 3. The number of fused-ring (bicyclic) bond motifs is 1. The Morgan fingerprint density at radius 3 is 3.27 bits per heavy atom. The molecule has 0 saturated heterocycles. The number of nitrogens with one attached hydrogen (secondary N) is 1. The Bertz CT molecular complexity index is 505. The molecule has 15 heavy (non-hydrogen) atoms. The van der Waals surface area contributed by atoms with E-state index in [0.29, 0.717) is 12.5 Å². The average Bonchev–Trinajstić information content (AvgIpc) is 2.84. The van der Waals surface area contributed by atoms with Crippen molar-refractivity contribution in [1.82, 2.24) is 9.97 Å². The van der Waals surface area contributed by atoms with Gasteiger partial charge in [-0.15, -0.1) is 11.3 Å². The molecular formula is C10H9BrN2OS. The van der Waals surface area contributed by atoms with Gasteiger partial charge < -0.3 is 9.72 Å². The maximum absolute atomic E-state index is 5.66. The Hall–Kier alpha value is -0.810. The second kappa shape index (κ2) is 3.35. The van der Waals surface area contributed by atoms with Gasteiger partial charge in [0.05, 0.1) is 5.92 Å². The minimum Gasteiger partial charge on any atom is -0.490 e. The molecule has 5 heteroatoms. The molecule has 3 rings (SSSR count). The number of aromatic amines is 1. The van der Waals surface area contributed by atoms with E-state index in [1.807, 2.05) is 13.1 Å². The van der Waals surface area contributed by atoms with Crippen molar-refractivity contribution >= 4 is 27.3 Å². The fraction of sp³-hybridized carbons (Fsp3) is 0.300. The van der Waals surface area contributed by atoms with E-state index >= 15 is 0 Å². The Morgan fingerprint density at radius 2 is 2.53 bits per heavy atom. The second-order valence-electron chi connectivity index (χ2n) is 3.58. The van der Waals surface area contributed by atoms with E-state index < -0.39 is 0 Å². The van der Waals surface area contributed by atoms with E-state index in [0.717, 1.165) is 21.1 Å². The number of imidazole rings is 1. The molecule has 2 aromatic heterocycles. The summed E-state index contributed by atoms with van der Waals surface area (Å²) in [5.41, 5.74) is 2.40. The van der Waals surface area contributed by atoms with Crippen LogP contribution in [0, 0.1) is 6.92 Å². The molecule has 3 heterocycles. The van der Waals surface area contributed by atoms with Gasteiger partial charge in [0.25, 0.3) is 0 Å². The smallest absolute Gasteiger partial charge is 0.148 e. The number of nitrogens with zero attached hydrogens (tertiary/aromatic N) is 1. The van der Waals surface area contributed by atoms with Gasteiger partial charge in [0.2, 0.25) is 0 Å². The van der Waals surface area contributed by atoms with E-state index in [4.69, 9.17) is 4.74 Å². The highest BCUT2D eigenvalue weighted by Gasteiger charge is 2.30. The fourth-order valence-electron chi connectivity index (χ4n) is 1.85. The highest BCUT2D eigenvalue weighted by atomic mass is 79.9. The first-order valence-corrected chi connectivity index (χ1v) is 6.34. The average molecular weight is 285 g/mol. The first kappa shape index (κ1) is 9.42. The molecule has 78 valence electrons. The molecule has 2 aromatic rings. The molecule has 1 aliphatic heterocycles. The summed E-state index contributed by atoms with van der Waals surface area (Å²) in [5, 5.41) is 2.15. The van der Waals surface area contributed by atoms with Crippen LogP contribution in [0.4, 0.5) is 0 Å². The number of H-pyrrole nitrogens is 1. The van der Waals surface area contributed by atoms with Crippen molar-refractivity contribution in [2.45, 2.75) is 12.8 Å². The van der Waals surface area contributed by atoms with Gasteiger partial charge in [0.15, 0.2) is 0 Å². The largest absolute Gasteiger partial charge is 0.490 e. The lowest BCUT2D eigenvalue weighted by Gasteiger charge is -2.03. The molecule has 3 nitrogen and oxygen atoms in total. The summed E-state index contributed by atoms with van der Waals surface area (Å²) in [6.07, 6.45) is 1.89. The quantitative estimate of drug-likeness (QED) is 0.874. The van der Waals surface area contributed by atoms with Gasteiger partial charge in [0.1, 0.15) is 22.0 Å². The van der Waals surface area contributed by atoms with E-state index in [-0.39, 0.29) is 0 Å². The molecule has 0 spiro atoms. The van der Waals surface area contributed by atoms with Gasteiger partial charge in [-0.05, 0) is 28.2 Å².